The SMILES string of the molecule is CCCNC(=O)c1ccc(NC(=O)[C@@H](NC(=O)OCc2ccccc2)[C@@H](C)CC)cc1Cl. The van der Waals surface area contributed by atoms with Crippen molar-refractivity contribution < 1.29 is 19.1 Å². The van der Waals surface area contributed by atoms with E-state index in [4.69, 9.17) is 16.3 Å². The van der Waals surface area contributed by atoms with Gasteiger partial charge in [0.1, 0.15) is 12.6 Å². The molecule has 0 fully saturated rings. The minimum Gasteiger partial charge on any atom is -0.445 e. The van der Waals surface area contributed by atoms with Gasteiger partial charge in [0.25, 0.3) is 5.91 Å². The van der Waals surface area contributed by atoms with E-state index in [0.29, 0.717) is 24.2 Å². The second-order valence-corrected chi connectivity index (χ2v) is 7.92. The highest BCUT2D eigenvalue weighted by molar-refractivity contribution is 6.34. The third-order valence-electron chi connectivity index (χ3n) is 5.00. The molecule has 0 spiro atoms. The van der Waals surface area contributed by atoms with Crippen LogP contribution in [0, 0.1) is 5.92 Å². The molecule has 0 aromatic heterocycles. The molecule has 2 aromatic rings. The normalized spacial score (nSPS) is 12.4. The first-order valence-corrected chi connectivity index (χ1v) is 11.1. The molecule has 172 valence electrons. The Kier molecular flexibility index (Phi) is 10.0. The fourth-order valence-corrected chi connectivity index (χ4v) is 3.19. The molecule has 0 aliphatic heterocycles. The quantitative estimate of drug-likeness (QED) is 0.477. The summed E-state index contributed by atoms with van der Waals surface area (Å²) in [5.41, 5.74) is 1.61. The van der Waals surface area contributed by atoms with Gasteiger partial charge >= 0.3 is 6.09 Å². The molecule has 0 aliphatic rings. The van der Waals surface area contributed by atoms with Crippen molar-refractivity contribution in [2.75, 3.05) is 11.9 Å². The molecular weight excluding hydrogens is 430 g/mol. The monoisotopic (exact) mass is 459 g/mol. The van der Waals surface area contributed by atoms with Gasteiger partial charge < -0.3 is 20.7 Å². The lowest BCUT2D eigenvalue weighted by Gasteiger charge is -2.23. The second-order valence-electron chi connectivity index (χ2n) is 7.51. The number of halogens is 1. The van der Waals surface area contributed by atoms with Crippen LogP contribution in [0.4, 0.5) is 10.5 Å². The van der Waals surface area contributed by atoms with Crippen LogP contribution in [0.5, 0.6) is 0 Å². The Morgan fingerprint density at radius 2 is 1.78 bits per heavy atom. The number of anilines is 1. The first-order valence-electron chi connectivity index (χ1n) is 10.7. The number of benzene rings is 2. The van der Waals surface area contributed by atoms with Crippen molar-refractivity contribution in [2.24, 2.45) is 5.92 Å². The summed E-state index contributed by atoms with van der Waals surface area (Å²) in [6.07, 6.45) is 0.819. The van der Waals surface area contributed by atoms with Crippen molar-refractivity contribution in [3.05, 3.63) is 64.7 Å². The second kappa shape index (κ2) is 12.7. The number of hydrogen-bond acceptors (Lipinski definition) is 4. The Morgan fingerprint density at radius 3 is 2.41 bits per heavy atom. The Bertz CT molecular complexity index is 921. The molecule has 2 aromatic carbocycles. The van der Waals surface area contributed by atoms with Crippen molar-refractivity contribution in [3.63, 3.8) is 0 Å². The molecule has 3 N–H and O–H groups in total. The van der Waals surface area contributed by atoms with Crippen LogP contribution in [-0.4, -0.2) is 30.5 Å². The molecule has 0 heterocycles. The van der Waals surface area contributed by atoms with Crippen LogP contribution in [-0.2, 0) is 16.1 Å². The Hall–Kier alpha value is -3.06. The van der Waals surface area contributed by atoms with Crippen LogP contribution in [0.15, 0.2) is 48.5 Å². The van der Waals surface area contributed by atoms with E-state index in [2.05, 4.69) is 16.0 Å². The molecule has 0 aliphatic carbocycles. The average molecular weight is 460 g/mol. The lowest BCUT2D eigenvalue weighted by Crippen LogP contribution is -2.47. The van der Waals surface area contributed by atoms with Crippen molar-refractivity contribution in [1.82, 2.24) is 10.6 Å². The summed E-state index contributed by atoms with van der Waals surface area (Å²) in [6.45, 7) is 6.42. The number of carbonyl (C=O) groups excluding carboxylic acids is 3. The fraction of sp³-hybridized carbons (Fsp3) is 0.375. The van der Waals surface area contributed by atoms with Gasteiger partial charge in [0.2, 0.25) is 5.91 Å². The molecule has 0 bridgehead atoms. The van der Waals surface area contributed by atoms with Gasteiger partial charge in [-0.25, -0.2) is 4.79 Å². The predicted molar refractivity (Wildman–Crippen MR) is 126 cm³/mol. The average Bonchev–Trinajstić information content (AvgIpc) is 2.79. The van der Waals surface area contributed by atoms with E-state index in [-0.39, 0.29) is 23.5 Å². The fourth-order valence-electron chi connectivity index (χ4n) is 2.92. The molecule has 0 radical (unpaired) electrons. The third kappa shape index (κ3) is 7.57. The van der Waals surface area contributed by atoms with Crippen LogP contribution in [0.3, 0.4) is 0 Å². The lowest BCUT2D eigenvalue weighted by molar-refractivity contribution is -0.119. The zero-order valence-corrected chi connectivity index (χ0v) is 19.4. The van der Waals surface area contributed by atoms with E-state index in [9.17, 15) is 14.4 Å². The topological polar surface area (TPSA) is 96.5 Å². The summed E-state index contributed by atoms with van der Waals surface area (Å²) in [5, 5.41) is 8.41. The smallest absolute Gasteiger partial charge is 0.408 e. The molecular formula is C24H30ClN3O4. The van der Waals surface area contributed by atoms with Crippen LogP contribution < -0.4 is 16.0 Å². The largest absolute Gasteiger partial charge is 0.445 e. The summed E-state index contributed by atoms with van der Waals surface area (Å²) in [7, 11) is 0. The number of amides is 3. The Labute approximate surface area is 193 Å². The molecule has 0 saturated heterocycles. The molecule has 0 unspecified atom stereocenters. The van der Waals surface area contributed by atoms with Crippen LogP contribution in [0.25, 0.3) is 0 Å². The van der Waals surface area contributed by atoms with Crippen LogP contribution in [0.1, 0.15) is 49.5 Å². The van der Waals surface area contributed by atoms with Crippen molar-refractivity contribution >= 4 is 35.2 Å². The van der Waals surface area contributed by atoms with Gasteiger partial charge in [0.05, 0.1) is 10.6 Å². The summed E-state index contributed by atoms with van der Waals surface area (Å²) in [5.74, 6) is -0.792. The molecule has 7 nitrogen and oxygen atoms in total. The highest BCUT2D eigenvalue weighted by atomic mass is 35.5. The van der Waals surface area contributed by atoms with Crippen LogP contribution in [0.2, 0.25) is 5.02 Å². The molecule has 8 heteroatoms. The first-order chi connectivity index (χ1) is 15.3. The molecule has 3 amide bonds. The minimum absolute atomic E-state index is 0.110. The van der Waals surface area contributed by atoms with Gasteiger partial charge in [-0.05, 0) is 36.1 Å². The maximum atomic E-state index is 12.9. The zero-order chi connectivity index (χ0) is 23.5. The number of carbonyl (C=O) groups is 3. The van der Waals surface area contributed by atoms with E-state index < -0.39 is 18.0 Å². The highest BCUT2D eigenvalue weighted by Gasteiger charge is 2.27. The first kappa shape index (κ1) is 25.2. The summed E-state index contributed by atoms with van der Waals surface area (Å²) in [6, 6.07) is 13.2. The van der Waals surface area contributed by atoms with Gasteiger partial charge in [-0.15, -0.1) is 0 Å². The number of ether oxygens (including phenoxy) is 1. The molecule has 2 atom stereocenters. The lowest BCUT2D eigenvalue weighted by atomic mass is 9.98. The van der Waals surface area contributed by atoms with Gasteiger partial charge in [-0.1, -0.05) is 69.1 Å². The van der Waals surface area contributed by atoms with Crippen molar-refractivity contribution in [2.45, 2.75) is 46.3 Å². The molecule has 32 heavy (non-hydrogen) atoms. The summed E-state index contributed by atoms with van der Waals surface area (Å²) in [4.78, 5) is 37.3. The van der Waals surface area contributed by atoms with Crippen molar-refractivity contribution in [1.29, 1.82) is 0 Å². The summed E-state index contributed by atoms with van der Waals surface area (Å²) >= 11 is 6.24. The molecule has 2 rings (SSSR count). The van der Waals surface area contributed by atoms with Gasteiger partial charge in [-0.3, -0.25) is 9.59 Å². The number of hydrogen-bond donors (Lipinski definition) is 3. The minimum atomic E-state index is -0.797. The Morgan fingerprint density at radius 1 is 1.06 bits per heavy atom. The van der Waals surface area contributed by atoms with E-state index in [1.165, 1.54) is 6.07 Å². The maximum absolute atomic E-state index is 12.9. The number of alkyl carbamates (subject to hydrolysis) is 1. The van der Waals surface area contributed by atoms with Gasteiger partial charge in [0, 0.05) is 12.2 Å². The number of nitrogens with one attached hydrogen (secondary N) is 3. The van der Waals surface area contributed by atoms with Crippen molar-refractivity contribution in [3.8, 4) is 0 Å². The van der Waals surface area contributed by atoms with E-state index >= 15 is 0 Å². The van der Waals surface area contributed by atoms with Gasteiger partial charge in [0.15, 0.2) is 0 Å². The van der Waals surface area contributed by atoms with E-state index in [1.54, 1.807) is 12.1 Å². The predicted octanol–water partition coefficient (Wildman–Crippen LogP) is 4.76. The standard InChI is InChI=1S/C24H30ClN3O4/c1-4-13-26-22(29)19-12-11-18(14-20(19)25)27-23(30)21(16(3)5-2)28-24(31)32-15-17-9-7-6-8-10-17/h6-12,14,16,21H,4-5,13,15H2,1-3H3,(H,26,29)(H,27,30)(H,28,31)/t16-,21-/m0/s1. The Balaban J connectivity index is 2.02. The molecule has 0 saturated carbocycles. The highest BCUT2D eigenvalue weighted by Crippen LogP contribution is 2.22. The van der Waals surface area contributed by atoms with E-state index in [0.717, 1.165) is 12.0 Å². The zero-order valence-electron chi connectivity index (χ0n) is 18.6. The van der Waals surface area contributed by atoms with E-state index in [1.807, 2.05) is 51.1 Å². The maximum Gasteiger partial charge on any atom is 0.408 e. The number of rotatable bonds is 10. The van der Waals surface area contributed by atoms with Crippen LogP contribution >= 0.6 is 11.6 Å². The third-order valence-corrected chi connectivity index (χ3v) is 5.31. The summed E-state index contributed by atoms with van der Waals surface area (Å²) < 4.78 is 5.25. The van der Waals surface area contributed by atoms with Gasteiger partial charge in [-0.2, -0.15) is 0 Å².